The lowest BCUT2D eigenvalue weighted by Gasteiger charge is -2.30. The molecule has 3 heterocycles. The smallest absolute Gasteiger partial charge is 0.392 e. The maximum Gasteiger partial charge on any atom is 0.451 e. The summed E-state index contributed by atoms with van der Waals surface area (Å²) >= 11 is 0. The summed E-state index contributed by atoms with van der Waals surface area (Å²) < 4.78 is 39.4. The Kier molecular flexibility index (Phi) is 3.28. The molecule has 1 aliphatic rings. The molecule has 0 saturated heterocycles. The molecule has 112 valence electrons. The number of halogens is 3. The first-order valence-corrected chi connectivity index (χ1v) is 6.28. The van der Waals surface area contributed by atoms with E-state index in [1.807, 2.05) is 4.90 Å². The van der Waals surface area contributed by atoms with E-state index in [9.17, 15) is 18.3 Å². The maximum atomic E-state index is 12.8. The zero-order valence-corrected chi connectivity index (χ0v) is 10.9. The Morgan fingerprint density at radius 2 is 2.05 bits per heavy atom. The zero-order valence-electron chi connectivity index (χ0n) is 10.9. The fraction of sp³-hybridized carbons (Fsp3) is 0.417. The minimum atomic E-state index is -4.50. The van der Waals surface area contributed by atoms with Crippen LogP contribution in [0.2, 0.25) is 0 Å². The second-order valence-electron chi connectivity index (χ2n) is 4.67. The second-order valence-corrected chi connectivity index (χ2v) is 4.67. The summed E-state index contributed by atoms with van der Waals surface area (Å²) in [6.45, 7) is 0.551. The van der Waals surface area contributed by atoms with Crippen molar-refractivity contribution < 1.29 is 18.3 Å². The lowest BCUT2D eigenvalue weighted by atomic mass is 10.2. The molecule has 2 aromatic rings. The average molecular weight is 299 g/mol. The quantitative estimate of drug-likeness (QED) is 0.902. The first kappa shape index (κ1) is 13.8. The number of hydrogen-bond donors (Lipinski definition) is 1. The monoisotopic (exact) mass is 299 g/mol. The van der Waals surface area contributed by atoms with E-state index in [1.165, 1.54) is 6.20 Å². The highest BCUT2D eigenvalue weighted by molar-refractivity contribution is 5.52. The number of anilines is 1. The van der Waals surface area contributed by atoms with Crippen molar-refractivity contribution in [2.45, 2.75) is 25.9 Å². The number of fused-ring (bicyclic) bond motifs is 1. The number of aromatic nitrogens is 4. The third-order valence-electron chi connectivity index (χ3n) is 3.40. The van der Waals surface area contributed by atoms with E-state index < -0.39 is 12.0 Å². The van der Waals surface area contributed by atoms with E-state index in [4.69, 9.17) is 0 Å². The summed E-state index contributed by atoms with van der Waals surface area (Å²) in [7, 11) is 0. The molecule has 2 aromatic heterocycles. The van der Waals surface area contributed by atoms with Crippen LogP contribution in [-0.2, 0) is 25.9 Å². The molecule has 0 aliphatic carbocycles. The summed E-state index contributed by atoms with van der Waals surface area (Å²) in [5.74, 6) is -0.705. The number of hydrogen-bond acceptors (Lipinski definition) is 5. The molecular formula is C12H12F3N5O. The highest BCUT2D eigenvalue weighted by Gasteiger charge is 2.39. The Morgan fingerprint density at radius 3 is 2.76 bits per heavy atom. The number of nitrogens with zero attached hydrogens (tertiary/aromatic N) is 5. The van der Waals surface area contributed by atoms with Gasteiger partial charge in [-0.15, -0.1) is 10.2 Å². The van der Waals surface area contributed by atoms with E-state index in [0.717, 1.165) is 10.3 Å². The standard InChI is InChI=1S/C12H12F3N5O/c13-12(14,15)11-18-17-10-6-19(3-4-20(10)11)9-1-2-16-5-8(9)7-21/h1-2,5,21H,3-4,6-7H2. The van der Waals surface area contributed by atoms with Gasteiger partial charge in [-0.25, -0.2) is 0 Å². The number of aliphatic hydroxyl groups excluding tert-OH is 1. The van der Waals surface area contributed by atoms with E-state index in [-0.39, 0.29) is 25.5 Å². The fourth-order valence-electron chi connectivity index (χ4n) is 2.42. The number of rotatable bonds is 2. The first-order chi connectivity index (χ1) is 10.0. The van der Waals surface area contributed by atoms with Crippen molar-refractivity contribution in [2.24, 2.45) is 0 Å². The molecule has 1 aliphatic heterocycles. The largest absolute Gasteiger partial charge is 0.451 e. The molecule has 0 fully saturated rings. The molecule has 0 saturated carbocycles. The van der Waals surface area contributed by atoms with Gasteiger partial charge in [0.2, 0.25) is 5.82 Å². The zero-order chi connectivity index (χ0) is 15.0. The molecule has 0 amide bonds. The van der Waals surface area contributed by atoms with Crippen molar-refractivity contribution in [1.29, 1.82) is 0 Å². The van der Waals surface area contributed by atoms with E-state index in [1.54, 1.807) is 12.3 Å². The van der Waals surface area contributed by atoms with Gasteiger partial charge in [-0.2, -0.15) is 13.2 Å². The van der Waals surface area contributed by atoms with Crippen molar-refractivity contribution in [2.75, 3.05) is 11.4 Å². The van der Waals surface area contributed by atoms with Gasteiger partial charge in [0.25, 0.3) is 0 Å². The van der Waals surface area contributed by atoms with Gasteiger partial charge in [-0.1, -0.05) is 0 Å². The highest BCUT2D eigenvalue weighted by Crippen LogP contribution is 2.31. The van der Waals surface area contributed by atoms with Crippen LogP contribution in [0.3, 0.4) is 0 Å². The molecule has 3 rings (SSSR count). The van der Waals surface area contributed by atoms with Crippen molar-refractivity contribution in [3.05, 3.63) is 35.7 Å². The van der Waals surface area contributed by atoms with Crippen LogP contribution in [0.25, 0.3) is 0 Å². The number of aliphatic hydroxyl groups is 1. The van der Waals surface area contributed by atoms with Crippen LogP contribution in [0.1, 0.15) is 17.2 Å². The van der Waals surface area contributed by atoms with Crippen LogP contribution in [0.4, 0.5) is 18.9 Å². The second kappa shape index (κ2) is 4.99. The third kappa shape index (κ3) is 2.44. The van der Waals surface area contributed by atoms with Crippen LogP contribution < -0.4 is 4.90 Å². The Morgan fingerprint density at radius 1 is 1.24 bits per heavy atom. The Balaban J connectivity index is 1.90. The molecule has 0 unspecified atom stereocenters. The van der Waals surface area contributed by atoms with Crippen molar-refractivity contribution in [3.8, 4) is 0 Å². The van der Waals surface area contributed by atoms with Gasteiger partial charge in [0.15, 0.2) is 5.82 Å². The highest BCUT2D eigenvalue weighted by atomic mass is 19.4. The fourth-order valence-corrected chi connectivity index (χ4v) is 2.42. The van der Waals surface area contributed by atoms with Gasteiger partial charge in [0, 0.05) is 36.7 Å². The molecule has 1 N–H and O–H groups in total. The van der Waals surface area contributed by atoms with Crippen LogP contribution in [0.15, 0.2) is 18.5 Å². The van der Waals surface area contributed by atoms with Crippen LogP contribution >= 0.6 is 0 Å². The van der Waals surface area contributed by atoms with Gasteiger partial charge < -0.3 is 14.6 Å². The lowest BCUT2D eigenvalue weighted by Crippen LogP contribution is -2.35. The van der Waals surface area contributed by atoms with E-state index in [2.05, 4.69) is 15.2 Å². The average Bonchev–Trinajstić information content (AvgIpc) is 2.90. The minimum absolute atomic E-state index is 0.143. The normalized spacial score (nSPS) is 15.1. The van der Waals surface area contributed by atoms with Gasteiger partial charge in [-0.05, 0) is 6.07 Å². The van der Waals surface area contributed by atoms with Crippen LogP contribution in [0.5, 0.6) is 0 Å². The molecule has 0 aromatic carbocycles. The molecule has 0 spiro atoms. The Hall–Kier alpha value is -2.16. The van der Waals surface area contributed by atoms with Crippen molar-refractivity contribution >= 4 is 5.69 Å². The molecule has 9 heteroatoms. The topological polar surface area (TPSA) is 67.1 Å². The molecule has 0 bridgehead atoms. The van der Waals surface area contributed by atoms with Crippen LogP contribution in [0, 0.1) is 0 Å². The summed E-state index contributed by atoms with van der Waals surface area (Å²) in [6.07, 6.45) is -1.38. The van der Waals surface area contributed by atoms with Gasteiger partial charge >= 0.3 is 6.18 Å². The maximum absolute atomic E-state index is 12.8. The first-order valence-electron chi connectivity index (χ1n) is 6.28. The minimum Gasteiger partial charge on any atom is -0.392 e. The predicted molar refractivity (Wildman–Crippen MR) is 66.2 cm³/mol. The molecule has 0 radical (unpaired) electrons. The third-order valence-corrected chi connectivity index (χ3v) is 3.40. The Bertz CT molecular complexity index is 655. The van der Waals surface area contributed by atoms with Crippen molar-refractivity contribution in [3.63, 3.8) is 0 Å². The molecular weight excluding hydrogens is 287 g/mol. The molecule has 21 heavy (non-hydrogen) atoms. The lowest BCUT2D eigenvalue weighted by molar-refractivity contribution is -0.147. The summed E-state index contributed by atoms with van der Waals surface area (Å²) in [6, 6.07) is 1.72. The van der Waals surface area contributed by atoms with E-state index in [0.29, 0.717) is 12.1 Å². The van der Waals surface area contributed by atoms with Gasteiger partial charge in [-0.3, -0.25) is 4.98 Å². The summed E-state index contributed by atoms with van der Waals surface area (Å²) in [4.78, 5) is 5.78. The van der Waals surface area contributed by atoms with Crippen molar-refractivity contribution in [1.82, 2.24) is 19.7 Å². The van der Waals surface area contributed by atoms with Gasteiger partial charge in [0.1, 0.15) is 0 Å². The predicted octanol–water partition coefficient (Wildman–Crippen LogP) is 1.20. The summed E-state index contributed by atoms with van der Waals surface area (Å²) in [5, 5.41) is 16.2. The van der Waals surface area contributed by atoms with E-state index >= 15 is 0 Å². The summed E-state index contributed by atoms with van der Waals surface area (Å²) in [5.41, 5.74) is 1.37. The Labute approximate surface area is 117 Å². The number of alkyl halides is 3. The molecule has 6 nitrogen and oxygen atoms in total. The van der Waals surface area contributed by atoms with Crippen LogP contribution in [-0.4, -0.2) is 31.4 Å². The SMILES string of the molecule is OCc1cnccc1N1CCn2c(nnc2C(F)(F)F)C1. The molecule has 0 atom stereocenters. The van der Waals surface area contributed by atoms with Gasteiger partial charge in [0.05, 0.1) is 13.2 Å². The number of pyridine rings is 1.